The Kier molecular flexibility index (Phi) is 9.70. The quantitative estimate of drug-likeness (QED) is 0.305. The maximum absolute atomic E-state index is 13.8. The van der Waals surface area contributed by atoms with Crippen LogP contribution in [0.1, 0.15) is 47.9 Å². The lowest BCUT2D eigenvalue weighted by atomic mass is 10.0. The monoisotopic (exact) mass is 552 g/mol. The van der Waals surface area contributed by atoms with Gasteiger partial charge in [0.1, 0.15) is 11.8 Å². The van der Waals surface area contributed by atoms with Gasteiger partial charge in [-0.3, -0.25) is 9.59 Å². The minimum atomic E-state index is -0.763. The van der Waals surface area contributed by atoms with Crippen LogP contribution < -0.4 is 10.1 Å². The van der Waals surface area contributed by atoms with E-state index in [1.807, 2.05) is 62.4 Å². The van der Waals surface area contributed by atoms with Crippen LogP contribution in [0.25, 0.3) is 0 Å². The van der Waals surface area contributed by atoms with Crippen molar-refractivity contribution in [1.82, 2.24) is 10.2 Å². The van der Waals surface area contributed by atoms with Crippen LogP contribution in [0.4, 0.5) is 0 Å². The molecule has 0 bridgehead atoms. The van der Waals surface area contributed by atoms with Gasteiger partial charge in [-0.2, -0.15) is 0 Å². The number of nitrogens with one attached hydrogen (secondary N) is 1. The van der Waals surface area contributed by atoms with Crippen molar-refractivity contribution in [3.8, 4) is 5.75 Å². The van der Waals surface area contributed by atoms with Crippen LogP contribution in [0.15, 0.2) is 66.7 Å². The molecule has 4 rings (SSSR count). The van der Waals surface area contributed by atoms with Crippen molar-refractivity contribution in [2.45, 2.75) is 64.6 Å². The first-order valence-corrected chi connectivity index (χ1v) is 13.8. The van der Waals surface area contributed by atoms with Crippen LogP contribution >= 0.6 is 23.2 Å². The van der Waals surface area contributed by atoms with E-state index in [1.54, 1.807) is 23.1 Å². The number of carbonyl (C=O) groups excluding carboxylic acids is 2. The molecule has 1 N–H and O–H groups in total. The Balaban J connectivity index is 1.66. The molecule has 0 unspecified atom stereocenters. The van der Waals surface area contributed by atoms with E-state index in [9.17, 15) is 9.59 Å². The van der Waals surface area contributed by atoms with Gasteiger partial charge in [0, 0.05) is 34.6 Å². The smallest absolute Gasteiger partial charge is 0.261 e. The standard InChI is InChI=1S/C31H34Cl2N2O3/c1-21-15-22(2)17-25(16-21)38-20-30(36)35(19-26-27(32)13-8-14-28(26)33)29(18-23-9-4-3-5-10-23)31(37)34-24-11-6-7-12-24/h3-5,8-10,13-17,24,29H,6-7,11-12,18-20H2,1-2H3,(H,34,37)/t29-/m0/s1. The highest BCUT2D eigenvalue weighted by molar-refractivity contribution is 6.36. The highest BCUT2D eigenvalue weighted by Crippen LogP contribution is 2.28. The summed E-state index contributed by atoms with van der Waals surface area (Å²) >= 11 is 13.0. The fourth-order valence-electron chi connectivity index (χ4n) is 5.02. The van der Waals surface area contributed by atoms with Gasteiger partial charge in [-0.25, -0.2) is 0 Å². The highest BCUT2D eigenvalue weighted by atomic mass is 35.5. The molecular weight excluding hydrogens is 519 g/mol. The van der Waals surface area contributed by atoms with Gasteiger partial charge in [0.15, 0.2) is 6.61 Å². The SMILES string of the molecule is Cc1cc(C)cc(OCC(=O)N(Cc2c(Cl)cccc2Cl)[C@@H](Cc2ccccc2)C(=O)NC2CCCC2)c1. The largest absolute Gasteiger partial charge is 0.484 e. The van der Waals surface area contributed by atoms with Gasteiger partial charge in [-0.1, -0.05) is 78.5 Å². The Morgan fingerprint density at radius 3 is 2.21 bits per heavy atom. The fourth-order valence-corrected chi connectivity index (χ4v) is 5.54. The molecule has 3 aromatic rings. The third-order valence-corrected chi connectivity index (χ3v) is 7.63. The maximum Gasteiger partial charge on any atom is 0.261 e. The summed E-state index contributed by atoms with van der Waals surface area (Å²) in [6, 6.07) is 20.2. The first kappa shape index (κ1) is 28.0. The summed E-state index contributed by atoms with van der Waals surface area (Å²) in [5.41, 5.74) is 3.65. The lowest BCUT2D eigenvalue weighted by molar-refractivity contribution is -0.143. The maximum atomic E-state index is 13.8. The van der Waals surface area contributed by atoms with Crippen molar-refractivity contribution in [2.24, 2.45) is 0 Å². The Bertz CT molecular complexity index is 1220. The average Bonchev–Trinajstić information content (AvgIpc) is 3.39. The molecular formula is C31H34Cl2N2O3. The molecule has 0 spiro atoms. The summed E-state index contributed by atoms with van der Waals surface area (Å²) in [5.74, 6) is 0.118. The zero-order valence-electron chi connectivity index (χ0n) is 21.9. The van der Waals surface area contributed by atoms with E-state index in [0.717, 1.165) is 42.4 Å². The molecule has 0 saturated heterocycles. The number of amides is 2. The number of ether oxygens (including phenoxy) is 1. The molecule has 2 amide bonds. The predicted molar refractivity (Wildman–Crippen MR) is 153 cm³/mol. The molecule has 1 saturated carbocycles. The van der Waals surface area contributed by atoms with Crippen LogP contribution in [-0.4, -0.2) is 35.4 Å². The summed E-state index contributed by atoms with van der Waals surface area (Å²) in [4.78, 5) is 29.1. The van der Waals surface area contributed by atoms with Crippen molar-refractivity contribution in [3.63, 3.8) is 0 Å². The van der Waals surface area contributed by atoms with Gasteiger partial charge >= 0.3 is 0 Å². The highest BCUT2D eigenvalue weighted by Gasteiger charge is 2.33. The molecule has 200 valence electrons. The van der Waals surface area contributed by atoms with Crippen molar-refractivity contribution >= 4 is 35.0 Å². The van der Waals surface area contributed by atoms with E-state index in [0.29, 0.717) is 27.8 Å². The summed E-state index contributed by atoms with van der Waals surface area (Å²) in [5, 5.41) is 4.09. The molecule has 3 aromatic carbocycles. The Morgan fingerprint density at radius 1 is 0.947 bits per heavy atom. The molecule has 1 atom stereocenters. The van der Waals surface area contributed by atoms with Crippen LogP contribution in [0, 0.1) is 13.8 Å². The van der Waals surface area contributed by atoms with Crippen LogP contribution in [0.3, 0.4) is 0 Å². The van der Waals surface area contributed by atoms with Crippen molar-refractivity contribution in [1.29, 1.82) is 0 Å². The van der Waals surface area contributed by atoms with Gasteiger partial charge in [-0.05, 0) is 67.6 Å². The second-order valence-corrected chi connectivity index (χ2v) is 10.8. The molecule has 0 radical (unpaired) electrons. The molecule has 1 fully saturated rings. The van der Waals surface area contributed by atoms with E-state index in [-0.39, 0.29) is 31.0 Å². The lowest BCUT2D eigenvalue weighted by Crippen LogP contribution is -2.53. The lowest BCUT2D eigenvalue weighted by Gasteiger charge is -2.32. The van der Waals surface area contributed by atoms with Gasteiger partial charge < -0.3 is 15.0 Å². The number of nitrogens with zero attached hydrogens (tertiary/aromatic N) is 1. The molecule has 5 nitrogen and oxygen atoms in total. The third-order valence-electron chi connectivity index (χ3n) is 6.92. The summed E-state index contributed by atoms with van der Waals surface area (Å²) in [7, 11) is 0. The molecule has 7 heteroatoms. The molecule has 1 aliphatic carbocycles. The number of hydrogen-bond acceptors (Lipinski definition) is 3. The summed E-state index contributed by atoms with van der Waals surface area (Å²) in [6.07, 6.45) is 4.44. The number of rotatable bonds is 10. The summed E-state index contributed by atoms with van der Waals surface area (Å²) in [6.45, 7) is 3.84. The minimum Gasteiger partial charge on any atom is -0.484 e. The van der Waals surface area contributed by atoms with E-state index in [1.165, 1.54) is 0 Å². The number of aryl methyl sites for hydroxylation is 2. The zero-order valence-corrected chi connectivity index (χ0v) is 23.4. The first-order chi connectivity index (χ1) is 18.3. The Hall–Kier alpha value is -3.02. The number of carbonyl (C=O) groups is 2. The van der Waals surface area contributed by atoms with Crippen LogP contribution in [0.5, 0.6) is 5.75 Å². The average molecular weight is 554 g/mol. The summed E-state index contributed by atoms with van der Waals surface area (Å²) < 4.78 is 5.93. The fraction of sp³-hybridized carbons (Fsp3) is 0.355. The van der Waals surface area contributed by atoms with Crippen molar-refractivity contribution < 1.29 is 14.3 Å². The van der Waals surface area contributed by atoms with E-state index in [2.05, 4.69) is 5.32 Å². The van der Waals surface area contributed by atoms with Gasteiger partial charge in [0.05, 0.1) is 0 Å². The molecule has 0 aromatic heterocycles. The van der Waals surface area contributed by atoms with E-state index >= 15 is 0 Å². The van der Waals surface area contributed by atoms with Gasteiger partial charge in [0.2, 0.25) is 5.91 Å². The third kappa shape index (κ3) is 7.52. The Labute approximate surface area is 235 Å². The number of benzene rings is 3. The zero-order chi connectivity index (χ0) is 27.1. The Morgan fingerprint density at radius 2 is 1.58 bits per heavy atom. The normalized spacial score (nSPS) is 14.2. The van der Waals surface area contributed by atoms with Crippen molar-refractivity contribution in [2.75, 3.05) is 6.61 Å². The molecule has 1 aliphatic rings. The van der Waals surface area contributed by atoms with Gasteiger partial charge in [-0.15, -0.1) is 0 Å². The van der Waals surface area contributed by atoms with Crippen molar-refractivity contribution in [3.05, 3.63) is 99.0 Å². The molecule has 38 heavy (non-hydrogen) atoms. The molecule has 0 heterocycles. The first-order valence-electron chi connectivity index (χ1n) is 13.1. The van der Waals surface area contributed by atoms with Gasteiger partial charge in [0.25, 0.3) is 5.91 Å². The van der Waals surface area contributed by atoms with Crippen LogP contribution in [-0.2, 0) is 22.6 Å². The molecule has 0 aliphatic heterocycles. The predicted octanol–water partition coefficient (Wildman–Crippen LogP) is 6.69. The minimum absolute atomic E-state index is 0.0864. The van der Waals surface area contributed by atoms with E-state index < -0.39 is 6.04 Å². The number of hydrogen-bond donors (Lipinski definition) is 1. The topological polar surface area (TPSA) is 58.6 Å². The second-order valence-electron chi connectivity index (χ2n) is 10.0. The van der Waals surface area contributed by atoms with Crippen LogP contribution in [0.2, 0.25) is 10.0 Å². The van der Waals surface area contributed by atoms with E-state index in [4.69, 9.17) is 27.9 Å². The second kappa shape index (κ2) is 13.2. The number of halogens is 2.